The molecule has 0 aliphatic heterocycles. The van der Waals surface area contributed by atoms with E-state index in [4.69, 9.17) is 11.0 Å². The molecule has 0 bridgehead atoms. The number of nitrogens with two attached hydrogens (primary N) is 1. The van der Waals surface area contributed by atoms with Crippen LogP contribution < -0.4 is 5.73 Å². The molecule has 0 aliphatic rings. The second-order valence-electron chi connectivity index (χ2n) is 4.99. The molecule has 17 heavy (non-hydrogen) atoms. The van der Waals surface area contributed by atoms with E-state index in [0.717, 1.165) is 29.2 Å². The van der Waals surface area contributed by atoms with Gasteiger partial charge in [-0.2, -0.15) is 5.26 Å². The molecule has 3 heteroatoms. The Kier molecular flexibility index (Phi) is 4.89. The van der Waals surface area contributed by atoms with Crippen molar-refractivity contribution >= 4 is 17.4 Å². The summed E-state index contributed by atoms with van der Waals surface area (Å²) in [4.78, 5) is 1.15. The summed E-state index contributed by atoms with van der Waals surface area (Å²) in [6.07, 6.45) is 1.97. The minimum atomic E-state index is -0.210. The largest absolute Gasteiger partial charge is 0.398 e. The van der Waals surface area contributed by atoms with Crippen LogP contribution in [0.1, 0.15) is 32.3 Å². The van der Waals surface area contributed by atoms with E-state index in [0.29, 0.717) is 0 Å². The average molecular weight is 248 g/mol. The Morgan fingerprint density at radius 1 is 1.41 bits per heavy atom. The maximum Gasteiger partial charge on any atom is 0.0683 e. The van der Waals surface area contributed by atoms with E-state index in [1.54, 1.807) is 11.8 Å². The molecule has 0 aromatic heterocycles. The van der Waals surface area contributed by atoms with Crippen LogP contribution in [0.4, 0.5) is 5.69 Å². The van der Waals surface area contributed by atoms with Gasteiger partial charge in [-0.15, -0.1) is 11.8 Å². The highest BCUT2D eigenvalue weighted by Crippen LogP contribution is 2.29. The van der Waals surface area contributed by atoms with Gasteiger partial charge in [-0.1, -0.05) is 6.07 Å². The zero-order chi connectivity index (χ0) is 12.9. The predicted octanol–water partition coefficient (Wildman–Crippen LogP) is 4.00. The third-order valence-corrected chi connectivity index (χ3v) is 3.83. The molecule has 92 valence electrons. The van der Waals surface area contributed by atoms with Gasteiger partial charge < -0.3 is 5.73 Å². The van der Waals surface area contributed by atoms with Crippen molar-refractivity contribution < 1.29 is 0 Å². The van der Waals surface area contributed by atoms with Crippen molar-refractivity contribution in [3.8, 4) is 6.07 Å². The number of nitrogens with zero attached hydrogens (tertiary/aromatic N) is 1. The molecule has 0 unspecified atom stereocenters. The molecule has 1 rings (SSSR count). The van der Waals surface area contributed by atoms with Gasteiger partial charge in [0.15, 0.2) is 0 Å². The van der Waals surface area contributed by atoms with Gasteiger partial charge in [0.05, 0.1) is 11.5 Å². The molecule has 0 heterocycles. The first-order valence-corrected chi connectivity index (χ1v) is 6.83. The molecule has 0 saturated carbocycles. The fraction of sp³-hybridized carbons (Fsp3) is 0.500. The van der Waals surface area contributed by atoms with Crippen LogP contribution in [0.2, 0.25) is 0 Å². The molecule has 0 fully saturated rings. The summed E-state index contributed by atoms with van der Waals surface area (Å²) in [5.41, 5.74) is 7.78. The normalized spacial score (nSPS) is 11.2. The van der Waals surface area contributed by atoms with Crippen molar-refractivity contribution in [2.45, 2.75) is 38.5 Å². The van der Waals surface area contributed by atoms with Crippen LogP contribution in [-0.2, 0) is 0 Å². The van der Waals surface area contributed by atoms with Gasteiger partial charge in [0.25, 0.3) is 0 Å². The molecule has 2 N–H and O–H groups in total. The van der Waals surface area contributed by atoms with Crippen molar-refractivity contribution in [2.75, 3.05) is 11.5 Å². The minimum Gasteiger partial charge on any atom is -0.398 e. The van der Waals surface area contributed by atoms with E-state index in [1.807, 2.05) is 26.0 Å². The third-order valence-electron chi connectivity index (χ3n) is 2.68. The van der Waals surface area contributed by atoms with Crippen molar-refractivity contribution in [3.63, 3.8) is 0 Å². The van der Waals surface area contributed by atoms with E-state index in [1.165, 1.54) is 5.56 Å². The Labute approximate surface area is 108 Å². The molecular weight excluding hydrogens is 228 g/mol. The number of aryl methyl sites for hydroxylation is 1. The van der Waals surface area contributed by atoms with E-state index in [-0.39, 0.29) is 5.41 Å². The summed E-state index contributed by atoms with van der Waals surface area (Å²) in [5.74, 6) is 1.01. The first-order chi connectivity index (χ1) is 7.94. The van der Waals surface area contributed by atoms with Crippen LogP contribution in [0.5, 0.6) is 0 Å². The highest BCUT2D eigenvalue weighted by Gasteiger charge is 2.15. The van der Waals surface area contributed by atoms with E-state index in [2.05, 4.69) is 19.1 Å². The van der Waals surface area contributed by atoms with Crippen molar-refractivity contribution in [1.29, 1.82) is 5.26 Å². The number of anilines is 1. The zero-order valence-electron chi connectivity index (χ0n) is 10.8. The van der Waals surface area contributed by atoms with E-state index in [9.17, 15) is 0 Å². The van der Waals surface area contributed by atoms with E-state index < -0.39 is 0 Å². The van der Waals surface area contributed by atoms with Crippen LogP contribution in [-0.4, -0.2) is 5.75 Å². The zero-order valence-corrected chi connectivity index (χ0v) is 11.6. The molecular formula is C14H20N2S. The molecule has 0 saturated heterocycles. The molecule has 1 aromatic carbocycles. The lowest BCUT2D eigenvalue weighted by molar-refractivity contribution is 0.448. The Balaban J connectivity index is 2.42. The number of rotatable bonds is 5. The fourth-order valence-electron chi connectivity index (χ4n) is 1.52. The monoisotopic (exact) mass is 248 g/mol. The predicted molar refractivity (Wildman–Crippen MR) is 74.9 cm³/mol. The van der Waals surface area contributed by atoms with Crippen LogP contribution in [0.3, 0.4) is 0 Å². The molecule has 0 aliphatic carbocycles. The Bertz CT molecular complexity index is 419. The molecule has 0 atom stereocenters. The van der Waals surface area contributed by atoms with Gasteiger partial charge in [-0.25, -0.2) is 0 Å². The molecule has 1 aromatic rings. The Morgan fingerprint density at radius 2 is 2.12 bits per heavy atom. The lowest BCUT2D eigenvalue weighted by Crippen LogP contribution is -2.07. The Morgan fingerprint density at radius 3 is 2.76 bits per heavy atom. The average Bonchev–Trinajstić information content (AvgIpc) is 2.29. The number of hydrogen-bond donors (Lipinski definition) is 1. The summed E-state index contributed by atoms with van der Waals surface area (Å²) >= 11 is 1.78. The van der Waals surface area contributed by atoms with Crippen molar-refractivity contribution in [2.24, 2.45) is 5.41 Å². The summed E-state index contributed by atoms with van der Waals surface area (Å²) in [6.45, 7) is 6.04. The highest BCUT2D eigenvalue weighted by molar-refractivity contribution is 7.99. The molecule has 0 amide bonds. The number of nitriles is 1. The number of hydrogen-bond acceptors (Lipinski definition) is 3. The Hall–Kier alpha value is -1.14. The number of benzene rings is 1. The first-order valence-electron chi connectivity index (χ1n) is 5.85. The smallest absolute Gasteiger partial charge is 0.0683 e. The first kappa shape index (κ1) is 13.9. The lowest BCUT2D eigenvalue weighted by Gasteiger charge is -2.14. The van der Waals surface area contributed by atoms with Gasteiger partial charge in [-0.05, 0) is 57.1 Å². The van der Waals surface area contributed by atoms with Crippen molar-refractivity contribution in [1.82, 2.24) is 0 Å². The fourth-order valence-corrected chi connectivity index (χ4v) is 2.53. The van der Waals surface area contributed by atoms with E-state index >= 15 is 0 Å². The summed E-state index contributed by atoms with van der Waals surface area (Å²) in [7, 11) is 0. The summed E-state index contributed by atoms with van der Waals surface area (Å²) < 4.78 is 0. The second-order valence-corrected chi connectivity index (χ2v) is 6.13. The number of thioether (sulfide) groups is 1. The molecule has 2 nitrogen and oxygen atoms in total. The van der Waals surface area contributed by atoms with Crippen LogP contribution in [0, 0.1) is 23.7 Å². The standard InChI is InChI=1S/C14H20N2S/c1-11-5-6-12(16)13(9-11)17-8-4-7-14(2,3)10-15/h5-6,9H,4,7-8,16H2,1-3H3. The number of nitrogen functional groups attached to an aromatic ring is 1. The van der Waals surface area contributed by atoms with Gasteiger partial charge >= 0.3 is 0 Å². The SMILES string of the molecule is Cc1ccc(N)c(SCCCC(C)(C)C#N)c1. The second kappa shape index (κ2) is 5.97. The van der Waals surface area contributed by atoms with Crippen molar-refractivity contribution in [3.05, 3.63) is 23.8 Å². The maximum atomic E-state index is 8.91. The van der Waals surface area contributed by atoms with Gasteiger partial charge in [0, 0.05) is 10.6 Å². The van der Waals surface area contributed by atoms with Crippen LogP contribution in [0.25, 0.3) is 0 Å². The lowest BCUT2D eigenvalue weighted by atomic mass is 9.90. The quantitative estimate of drug-likeness (QED) is 0.487. The topological polar surface area (TPSA) is 49.8 Å². The molecule has 0 radical (unpaired) electrons. The summed E-state index contributed by atoms with van der Waals surface area (Å²) in [5, 5.41) is 8.91. The third kappa shape index (κ3) is 4.70. The van der Waals surface area contributed by atoms with Gasteiger partial charge in [0.1, 0.15) is 0 Å². The summed E-state index contributed by atoms with van der Waals surface area (Å²) in [6, 6.07) is 8.43. The van der Waals surface area contributed by atoms with Crippen LogP contribution in [0.15, 0.2) is 23.1 Å². The highest BCUT2D eigenvalue weighted by atomic mass is 32.2. The maximum absolute atomic E-state index is 8.91. The van der Waals surface area contributed by atoms with Gasteiger partial charge in [-0.3, -0.25) is 0 Å². The van der Waals surface area contributed by atoms with Crippen LogP contribution >= 0.6 is 11.8 Å². The van der Waals surface area contributed by atoms with Gasteiger partial charge in [0.2, 0.25) is 0 Å². The minimum absolute atomic E-state index is 0.210. The molecule has 0 spiro atoms.